The number of thiazole rings is 1. The Labute approximate surface area is 192 Å². The fourth-order valence-electron chi connectivity index (χ4n) is 2.84. The number of carbonyl (C=O) groups is 2. The third-order valence-corrected chi connectivity index (χ3v) is 5.24. The highest BCUT2D eigenvalue weighted by Crippen LogP contribution is 2.23. The maximum atomic E-state index is 12.2. The van der Waals surface area contributed by atoms with Gasteiger partial charge in [-0.05, 0) is 24.3 Å². The molecule has 0 spiro atoms. The van der Waals surface area contributed by atoms with Crippen LogP contribution >= 0.6 is 11.3 Å². The zero-order chi connectivity index (χ0) is 23.0. The van der Waals surface area contributed by atoms with Gasteiger partial charge in [0.05, 0.1) is 37.0 Å². The van der Waals surface area contributed by atoms with Crippen molar-refractivity contribution in [3.05, 3.63) is 71.5 Å². The zero-order valence-corrected chi connectivity index (χ0v) is 18.4. The smallest absolute Gasteiger partial charge is 0.312 e. The highest BCUT2D eigenvalue weighted by atomic mass is 32.1. The van der Waals surface area contributed by atoms with E-state index in [0.717, 1.165) is 10.7 Å². The molecule has 0 unspecified atom stereocenters. The van der Waals surface area contributed by atoms with Crippen LogP contribution in [-0.4, -0.2) is 39.1 Å². The summed E-state index contributed by atoms with van der Waals surface area (Å²) < 4.78 is 15.4. The maximum absolute atomic E-state index is 12.2. The molecule has 168 valence electrons. The summed E-state index contributed by atoms with van der Waals surface area (Å²) >= 11 is 1.40. The average Bonchev–Trinajstić information content (AvgIpc) is 3.48. The summed E-state index contributed by atoms with van der Waals surface area (Å²) in [6.45, 7) is -0.197. The Morgan fingerprint density at radius 2 is 1.94 bits per heavy atom. The fourth-order valence-corrected chi connectivity index (χ4v) is 3.64. The second kappa shape index (κ2) is 10.5. The molecule has 0 saturated heterocycles. The SMILES string of the molecule is COc1ccccc1NC(=O)Cc1noc(COC(=O)Cc2csc(-c3ccccn3)n2)n1. The number of nitrogens with zero attached hydrogens (tertiary/aromatic N) is 4. The highest BCUT2D eigenvalue weighted by Gasteiger charge is 2.15. The number of hydrogen-bond acceptors (Lipinski definition) is 10. The van der Waals surface area contributed by atoms with Gasteiger partial charge in [-0.3, -0.25) is 14.6 Å². The van der Waals surface area contributed by atoms with Crippen LogP contribution in [0, 0.1) is 0 Å². The number of para-hydroxylation sites is 2. The molecule has 4 aromatic rings. The molecule has 1 amide bonds. The van der Waals surface area contributed by atoms with Crippen molar-refractivity contribution in [1.82, 2.24) is 20.1 Å². The molecule has 0 fully saturated rings. The molecule has 1 aromatic carbocycles. The number of nitrogens with one attached hydrogen (secondary N) is 1. The van der Waals surface area contributed by atoms with Crippen LogP contribution in [0.3, 0.4) is 0 Å². The summed E-state index contributed by atoms with van der Waals surface area (Å²) in [4.78, 5) is 37.1. The summed E-state index contributed by atoms with van der Waals surface area (Å²) in [5.41, 5.74) is 1.87. The number of amides is 1. The van der Waals surface area contributed by atoms with E-state index < -0.39 is 5.97 Å². The van der Waals surface area contributed by atoms with E-state index in [2.05, 4.69) is 25.4 Å². The van der Waals surface area contributed by atoms with E-state index in [1.165, 1.54) is 18.4 Å². The van der Waals surface area contributed by atoms with Crippen molar-refractivity contribution < 1.29 is 23.6 Å². The molecule has 4 rings (SSSR count). The van der Waals surface area contributed by atoms with E-state index in [9.17, 15) is 9.59 Å². The lowest BCUT2D eigenvalue weighted by Crippen LogP contribution is -2.15. The Morgan fingerprint density at radius 3 is 2.76 bits per heavy atom. The van der Waals surface area contributed by atoms with Gasteiger partial charge in [0.1, 0.15) is 10.8 Å². The molecule has 33 heavy (non-hydrogen) atoms. The number of benzene rings is 1. The Kier molecular flexibility index (Phi) is 7.00. The molecular formula is C22H19N5O5S. The summed E-state index contributed by atoms with van der Waals surface area (Å²) in [5.74, 6) is -0.0136. The highest BCUT2D eigenvalue weighted by molar-refractivity contribution is 7.13. The Hall–Kier alpha value is -4.12. The van der Waals surface area contributed by atoms with Gasteiger partial charge in [0.25, 0.3) is 5.89 Å². The van der Waals surface area contributed by atoms with Crippen LogP contribution in [0.2, 0.25) is 0 Å². The minimum absolute atomic E-state index is 0.00560. The number of carbonyl (C=O) groups excluding carboxylic acids is 2. The number of esters is 1. The predicted octanol–water partition coefficient (Wildman–Crippen LogP) is 3.06. The molecule has 0 bridgehead atoms. The summed E-state index contributed by atoms with van der Waals surface area (Å²) in [5, 5.41) is 9.00. The van der Waals surface area contributed by atoms with Crippen LogP contribution in [0.15, 0.2) is 58.6 Å². The Balaban J connectivity index is 1.25. The van der Waals surface area contributed by atoms with Crippen molar-refractivity contribution in [3.8, 4) is 16.5 Å². The van der Waals surface area contributed by atoms with E-state index in [1.807, 2.05) is 18.2 Å². The molecular weight excluding hydrogens is 446 g/mol. The van der Waals surface area contributed by atoms with Crippen molar-refractivity contribution in [3.63, 3.8) is 0 Å². The van der Waals surface area contributed by atoms with Gasteiger partial charge in [0.15, 0.2) is 12.4 Å². The summed E-state index contributed by atoms with van der Waals surface area (Å²) in [7, 11) is 1.52. The average molecular weight is 465 g/mol. The molecule has 11 heteroatoms. The zero-order valence-electron chi connectivity index (χ0n) is 17.6. The first-order valence-corrected chi connectivity index (χ1v) is 10.7. The van der Waals surface area contributed by atoms with Crippen molar-refractivity contribution >= 4 is 28.9 Å². The standard InChI is InChI=1S/C22H19N5O5S/c1-30-17-8-3-2-6-15(17)25-19(28)11-18-26-20(32-27-18)12-31-21(29)10-14-13-33-22(24-14)16-7-4-5-9-23-16/h2-9,13H,10-12H2,1H3,(H,25,28). The van der Waals surface area contributed by atoms with Crippen LogP contribution < -0.4 is 10.1 Å². The molecule has 0 radical (unpaired) electrons. The van der Waals surface area contributed by atoms with Crippen LogP contribution in [0.4, 0.5) is 5.69 Å². The first-order valence-electron chi connectivity index (χ1n) is 9.86. The molecule has 0 aliphatic heterocycles. The number of ether oxygens (including phenoxy) is 2. The Morgan fingerprint density at radius 1 is 1.09 bits per heavy atom. The topological polar surface area (TPSA) is 129 Å². The predicted molar refractivity (Wildman–Crippen MR) is 118 cm³/mol. The largest absolute Gasteiger partial charge is 0.495 e. The monoisotopic (exact) mass is 465 g/mol. The molecule has 1 N–H and O–H groups in total. The van der Waals surface area contributed by atoms with Crippen LogP contribution in [0.5, 0.6) is 5.75 Å². The Bertz CT molecular complexity index is 1240. The molecule has 3 heterocycles. The van der Waals surface area contributed by atoms with Crippen LogP contribution in [0.1, 0.15) is 17.4 Å². The lowest BCUT2D eigenvalue weighted by Gasteiger charge is -2.08. The molecule has 0 aliphatic carbocycles. The van der Waals surface area contributed by atoms with Gasteiger partial charge in [0, 0.05) is 11.6 Å². The minimum atomic E-state index is -0.485. The quantitative estimate of drug-likeness (QED) is 0.371. The molecule has 3 aromatic heterocycles. The lowest BCUT2D eigenvalue weighted by atomic mass is 10.2. The first kappa shape index (κ1) is 22.1. The van der Waals surface area contributed by atoms with Gasteiger partial charge < -0.3 is 19.3 Å². The molecule has 0 atom stereocenters. The van der Waals surface area contributed by atoms with Gasteiger partial charge in [-0.25, -0.2) is 4.98 Å². The number of anilines is 1. The third-order valence-electron chi connectivity index (χ3n) is 4.33. The minimum Gasteiger partial charge on any atom is -0.495 e. The van der Waals surface area contributed by atoms with Gasteiger partial charge in [-0.15, -0.1) is 11.3 Å². The second-order valence-electron chi connectivity index (χ2n) is 6.73. The fraction of sp³-hybridized carbons (Fsp3) is 0.182. The second-order valence-corrected chi connectivity index (χ2v) is 7.58. The van der Waals surface area contributed by atoms with Gasteiger partial charge in [-0.1, -0.05) is 23.4 Å². The van der Waals surface area contributed by atoms with Crippen molar-refractivity contribution in [1.29, 1.82) is 0 Å². The number of methoxy groups -OCH3 is 1. The van der Waals surface area contributed by atoms with Gasteiger partial charge in [0.2, 0.25) is 5.91 Å². The number of hydrogen-bond donors (Lipinski definition) is 1. The normalized spacial score (nSPS) is 10.6. The van der Waals surface area contributed by atoms with E-state index in [-0.39, 0.29) is 37.1 Å². The molecule has 10 nitrogen and oxygen atoms in total. The van der Waals surface area contributed by atoms with E-state index in [1.54, 1.807) is 35.8 Å². The molecule has 0 aliphatic rings. The van der Waals surface area contributed by atoms with Crippen LogP contribution in [-0.2, 0) is 33.8 Å². The van der Waals surface area contributed by atoms with E-state index >= 15 is 0 Å². The van der Waals surface area contributed by atoms with E-state index in [4.69, 9.17) is 14.0 Å². The van der Waals surface area contributed by atoms with Crippen molar-refractivity contribution in [2.75, 3.05) is 12.4 Å². The number of rotatable bonds is 9. The van der Waals surface area contributed by atoms with Gasteiger partial charge >= 0.3 is 5.97 Å². The summed E-state index contributed by atoms with van der Waals surface area (Å²) in [6, 6.07) is 12.6. The van der Waals surface area contributed by atoms with Crippen molar-refractivity contribution in [2.24, 2.45) is 0 Å². The number of aromatic nitrogens is 4. The maximum Gasteiger partial charge on any atom is 0.312 e. The molecule has 0 saturated carbocycles. The third kappa shape index (κ3) is 5.98. The number of pyridine rings is 1. The van der Waals surface area contributed by atoms with Gasteiger partial charge in [-0.2, -0.15) is 4.98 Å². The van der Waals surface area contributed by atoms with E-state index in [0.29, 0.717) is 17.1 Å². The first-order chi connectivity index (χ1) is 16.1. The summed E-state index contributed by atoms with van der Waals surface area (Å²) in [6.07, 6.45) is 1.59. The van der Waals surface area contributed by atoms with Crippen LogP contribution in [0.25, 0.3) is 10.7 Å². The lowest BCUT2D eigenvalue weighted by molar-refractivity contribution is -0.145. The van der Waals surface area contributed by atoms with Crippen molar-refractivity contribution in [2.45, 2.75) is 19.4 Å².